The van der Waals surface area contributed by atoms with Crippen LogP contribution in [-0.2, 0) is 4.79 Å². The Morgan fingerprint density at radius 3 is 2.83 bits per heavy atom. The second kappa shape index (κ2) is 5.29. The van der Waals surface area contributed by atoms with E-state index in [0.29, 0.717) is 6.54 Å². The van der Waals surface area contributed by atoms with Crippen LogP contribution in [0.25, 0.3) is 0 Å². The number of benzene rings is 1. The van der Waals surface area contributed by atoms with Gasteiger partial charge in [0.1, 0.15) is 0 Å². The van der Waals surface area contributed by atoms with Gasteiger partial charge in [0.2, 0.25) is 0 Å². The van der Waals surface area contributed by atoms with Gasteiger partial charge in [-0.15, -0.1) is 0 Å². The minimum absolute atomic E-state index is 0.187. The zero-order valence-corrected chi connectivity index (χ0v) is 11.0. The van der Waals surface area contributed by atoms with Crippen LogP contribution in [0.3, 0.4) is 0 Å². The third kappa shape index (κ3) is 2.75. The first-order valence-electron chi connectivity index (χ1n) is 6.40. The Morgan fingerprint density at radius 1 is 1.39 bits per heavy atom. The first kappa shape index (κ1) is 12.7. The molecule has 0 saturated carbocycles. The van der Waals surface area contributed by atoms with Crippen molar-refractivity contribution in [3.8, 4) is 0 Å². The molecule has 0 aromatic heterocycles. The van der Waals surface area contributed by atoms with Gasteiger partial charge in [-0.05, 0) is 43.5 Å². The average molecular weight is 248 g/mol. The summed E-state index contributed by atoms with van der Waals surface area (Å²) in [6.07, 6.45) is 1.22. The number of carboxylic acids is 1. The van der Waals surface area contributed by atoms with Gasteiger partial charge in [-0.3, -0.25) is 4.79 Å². The molecule has 98 valence electrons. The fraction of sp³-hybridized carbons (Fsp3) is 0.500. The molecule has 1 aliphatic rings. The van der Waals surface area contributed by atoms with Crippen LogP contribution >= 0.6 is 0 Å². The Bertz CT molecular complexity index is 457. The highest BCUT2D eigenvalue weighted by Crippen LogP contribution is 2.31. The largest absolute Gasteiger partial charge is 0.481 e. The summed E-state index contributed by atoms with van der Waals surface area (Å²) in [7, 11) is 0. The smallest absolute Gasteiger partial charge is 0.305 e. The highest BCUT2D eigenvalue weighted by molar-refractivity contribution is 5.74. The van der Waals surface area contributed by atoms with E-state index in [1.165, 1.54) is 11.1 Å². The number of carboxylic acid groups (broad SMARTS) is 1. The van der Waals surface area contributed by atoms with Crippen molar-refractivity contribution < 1.29 is 9.90 Å². The second-order valence-electron chi connectivity index (χ2n) is 4.86. The predicted octanol–water partition coefficient (Wildman–Crippen LogP) is 2.40. The normalized spacial score (nSPS) is 14.7. The zero-order chi connectivity index (χ0) is 13.1. The molecule has 4 nitrogen and oxygen atoms in total. The maximum absolute atomic E-state index is 10.7. The highest BCUT2D eigenvalue weighted by Gasteiger charge is 2.16. The fourth-order valence-electron chi connectivity index (χ4n) is 2.28. The summed E-state index contributed by atoms with van der Waals surface area (Å²) in [4.78, 5) is 12.9. The van der Waals surface area contributed by atoms with Crippen LogP contribution in [0, 0.1) is 13.8 Å². The van der Waals surface area contributed by atoms with Crippen molar-refractivity contribution >= 4 is 17.3 Å². The van der Waals surface area contributed by atoms with Crippen LogP contribution < -0.4 is 10.2 Å². The molecular formula is C14H20N2O2. The van der Waals surface area contributed by atoms with Gasteiger partial charge in [-0.2, -0.15) is 0 Å². The van der Waals surface area contributed by atoms with E-state index >= 15 is 0 Å². The van der Waals surface area contributed by atoms with Crippen molar-refractivity contribution in [2.75, 3.05) is 29.9 Å². The summed E-state index contributed by atoms with van der Waals surface area (Å²) in [5.74, 6) is -0.738. The lowest BCUT2D eigenvalue weighted by atomic mass is 10.1. The van der Waals surface area contributed by atoms with Gasteiger partial charge in [0.25, 0.3) is 0 Å². The minimum atomic E-state index is -0.738. The van der Waals surface area contributed by atoms with Crippen molar-refractivity contribution in [2.45, 2.75) is 26.7 Å². The third-order valence-corrected chi connectivity index (χ3v) is 3.47. The molecule has 0 atom stereocenters. The maximum atomic E-state index is 10.7. The van der Waals surface area contributed by atoms with E-state index in [9.17, 15) is 4.79 Å². The second-order valence-corrected chi connectivity index (χ2v) is 4.86. The minimum Gasteiger partial charge on any atom is -0.481 e. The summed E-state index contributed by atoms with van der Waals surface area (Å²) in [6, 6.07) is 4.31. The molecule has 4 heteroatoms. The monoisotopic (exact) mass is 248 g/mol. The number of carbonyl (C=O) groups is 1. The number of fused-ring (bicyclic) bond motifs is 1. The average Bonchev–Trinajstić information content (AvgIpc) is 2.50. The molecule has 1 heterocycles. The van der Waals surface area contributed by atoms with Crippen LogP contribution in [0.4, 0.5) is 11.4 Å². The molecule has 1 aliphatic heterocycles. The van der Waals surface area contributed by atoms with Crippen molar-refractivity contribution in [1.29, 1.82) is 0 Å². The van der Waals surface area contributed by atoms with Crippen LogP contribution in [0.5, 0.6) is 0 Å². The standard InChI is InChI=1S/C14H20N2O2/c1-10-8-12-13(9-11(10)2)16(6-3-5-15-12)7-4-14(17)18/h8-9,15H,3-7H2,1-2H3,(H,17,18). The lowest BCUT2D eigenvalue weighted by Gasteiger charge is -2.24. The van der Waals surface area contributed by atoms with Gasteiger partial charge in [0.15, 0.2) is 0 Å². The van der Waals surface area contributed by atoms with E-state index in [4.69, 9.17) is 5.11 Å². The van der Waals surface area contributed by atoms with Gasteiger partial charge >= 0.3 is 5.97 Å². The van der Waals surface area contributed by atoms with E-state index in [0.717, 1.165) is 30.9 Å². The number of aryl methyl sites for hydroxylation is 2. The number of anilines is 2. The molecule has 0 unspecified atom stereocenters. The molecule has 0 amide bonds. The molecule has 1 aromatic carbocycles. The van der Waals surface area contributed by atoms with Gasteiger partial charge < -0.3 is 15.3 Å². The number of nitrogens with one attached hydrogen (secondary N) is 1. The molecule has 0 aliphatic carbocycles. The fourth-order valence-corrected chi connectivity index (χ4v) is 2.28. The van der Waals surface area contributed by atoms with Gasteiger partial charge in [0.05, 0.1) is 17.8 Å². The van der Waals surface area contributed by atoms with E-state index in [1.807, 2.05) is 0 Å². The number of aliphatic carboxylic acids is 1. The van der Waals surface area contributed by atoms with Crippen LogP contribution in [0.15, 0.2) is 12.1 Å². The molecule has 0 spiro atoms. The van der Waals surface area contributed by atoms with Crippen molar-refractivity contribution in [1.82, 2.24) is 0 Å². The topological polar surface area (TPSA) is 52.6 Å². The first-order valence-corrected chi connectivity index (χ1v) is 6.40. The Labute approximate surface area is 108 Å². The molecule has 2 rings (SSSR count). The number of hydrogen-bond acceptors (Lipinski definition) is 3. The Kier molecular flexibility index (Phi) is 3.75. The van der Waals surface area contributed by atoms with Gasteiger partial charge in [-0.1, -0.05) is 0 Å². The zero-order valence-electron chi connectivity index (χ0n) is 11.0. The maximum Gasteiger partial charge on any atom is 0.305 e. The Morgan fingerprint density at radius 2 is 2.11 bits per heavy atom. The third-order valence-electron chi connectivity index (χ3n) is 3.47. The van der Waals surface area contributed by atoms with E-state index in [1.54, 1.807) is 0 Å². The summed E-state index contributed by atoms with van der Waals surface area (Å²) in [5, 5.41) is 12.2. The molecular weight excluding hydrogens is 228 g/mol. The molecule has 1 aromatic rings. The van der Waals surface area contributed by atoms with Crippen LogP contribution in [0.2, 0.25) is 0 Å². The van der Waals surface area contributed by atoms with E-state index < -0.39 is 5.97 Å². The van der Waals surface area contributed by atoms with E-state index in [-0.39, 0.29) is 6.42 Å². The van der Waals surface area contributed by atoms with Crippen molar-refractivity contribution in [3.63, 3.8) is 0 Å². The molecule has 0 bridgehead atoms. The molecule has 0 fully saturated rings. The first-order chi connectivity index (χ1) is 8.58. The molecule has 0 radical (unpaired) electrons. The molecule has 18 heavy (non-hydrogen) atoms. The lowest BCUT2D eigenvalue weighted by Crippen LogP contribution is -2.26. The van der Waals surface area contributed by atoms with Crippen LogP contribution in [0.1, 0.15) is 24.0 Å². The summed E-state index contributed by atoms with van der Waals surface area (Å²) >= 11 is 0. The van der Waals surface area contributed by atoms with Crippen molar-refractivity contribution in [2.24, 2.45) is 0 Å². The predicted molar refractivity (Wildman–Crippen MR) is 73.5 cm³/mol. The number of hydrogen-bond donors (Lipinski definition) is 2. The van der Waals surface area contributed by atoms with Crippen molar-refractivity contribution in [3.05, 3.63) is 23.3 Å². The number of nitrogens with zero attached hydrogens (tertiary/aromatic N) is 1. The van der Waals surface area contributed by atoms with Gasteiger partial charge in [-0.25, -0.2) is 0 Å². The highest BCUT2D eigenvalue weighted by atomic mass is 16.4. The van der Waals surface area contributed by atoms with E-state index in [2.05, 4.69) is 36.2 Å². The summed E-state index contributed by atoms with van der Waals surface area (Å²) in [6.45, 7) is 6.63. The summed E-state index contributed by atoms with van der Waals surface area (Å²) < 4.78 is 0. The Hall–Kier alpha value is -1.71. The molecule has 0 saturated heterocycles. The SMILES string of the molecule is Cc1cc2c(cc1C)N(CCC(=O)O)CCCN2. The van der Waals surface area contributed by atoms with Crippen LogP contribution in [-0.4, -0.2) is 30.7 Å². The molecule has 2 N–H and O–H groups in total. The Balaban J connectivity index is 2.28. The summed E-state index contributed by atoms with van der Waals surface area (Å²) in [5.41, 5.74) is 4.77. The lowest BCUT2D eigenvalue weighted by molar-refractivity contribution is -0.136. The quantitative estimate of drug-likeness (QED) is 0.862. The number of rotatable bonds is 3. The van der Waals surface area contributed by atoms with Gasteiger partial charge in [0, 0.05) is 19.6 Å².